The summed E-state index contributed by atoms with van der Waals surface area (Å²) in [4.78, 5) is 11.6. The summed E-state index contributed by atoms with van der Waals surface area (Å²) in [6.45, 7) is 2.27. The Balaban J connectivity index is 0.00000264. The molecule has 130 valence electrons. The minimum Gasteiger partial charge on any atom is -0.493 e. The molecule has 1 aromatic rings. The highest BCUT2D eigenvalue weighted by Crippen LogP contribution is 2.33. The molecule has 1 aliphatic rings. The summed E-state index contributed by atoms with van der Waals surface area (Å²) in [7, 11) is 3.40. The highest BCUT2D eigenvalue weighted by atomic mass is 35.5. The van der Waals surface area contributed by atoms with Gasteiger partial charge in [-0.25, -0.2) is 0 Å². The standard InChI is InChI=1S/C17H26N2O3.ClH/c1-12(19-17(20)11-18-2)13-8-9-15(16(10-13)21-3)22-14-6-4-5-7-14;/h8-10,12,14,18H,4-7,11H2,1-3H3,(H,19,20);1H. The van der Waals surface area contributed by atoms with E-state index in [1.165, 1.54) is 12.8 Å². The van der Waals surface area contributed by atoms with Crippen LogP contribution >= 0.6 is 12.4 Å². The fraction of sp³-hybridized carbons (Fsp3) is 0.588. The zero-order valence-corrected chi connectivity index (χ0v) is 14.9. The number of nitrogens with one attached hydrogen (secondary N) is 2. The molecule has 1 unspecified atom stereocenters. The van der Waals surface area contributed by atoms with Gasteiger partial charge in [0.1, 0.15) is 0 Å². The van der Waals surface area contributed by atoms with Gasteiger partial charge >= 0.3 is 0 Å². The topological polar surface area (TPSA) is 59.6 Å². The first kappa shape index (κ1) is 19.6. The van der Waals surface area contributed by atoms with Crippen LogP contribution in [0, 0.1) is 0 Å². The quantitative estimate of drug-likeness (QED) is 0.800. The number of benzene rings is 1. The van der Waals surface area contributed by atoms with Crippen LogP contribution in [0.15, 0.2) is 18.2 Å². The molecule has 1 fully saturated rings. The maximum atomic E-state index is 11.6. The molecule has 0 saturated heterocycles. The highest BCUT2D eigenvalue weighted by molar-refractivity contribution is 5.85. The second kappa shape index (κ2) is 9.63. The lowest BCUT2D eigenvalue weighted by Crippen LogP contribution is -2.33. The van der Waals surface area contributed by atoms with Crippen LogP contribution < -0.4 is 20.1 Å². The van der Waals surface area contributed by atoms with Gasteiger partial charge in [0.15, 0.2) is 11.5 Å². The number of rotatable bonds is 7. The summed E-state index contributed by atoms with van der Waals surface area (Å²) in [5, 5.41) is 5.78. The van der Waals surface area contributed by atoms with Crippen molar-refractivity contribution < 1.29 is 14.3 Å². The van der Waals surface area contributed by atoms with Crippen molar-refractivity contribution in [3.63, 3.8) is 0 Å². The van der Waals surface area contributed by atoms with Crippen molar-refractivity contribution in [2.75, 3.05) is 20.7 Å². The van der Waals surface area contributed by atoms with Gasteiger partial charge in [0.2, 0.25) is 5.91 Å². The van der Waals surface area contributed by atoms with E-state index in [2.05, 4.69) is 10.6 Å². The normalized spacial score (nSPS) is 15.6. The fourth-order valence-corrected chi connectivity index (χ4v) is 2.77. The van der Waals surface area contributed by atoms with Gasteiger partial charge in [-0.3, -0.25) is 4.79 Å². The number of amides is 1. The highest BCUT2D eigenvalue weighted by Gasteiger charge is 2.19. The van der Waals surface area contributed by atoms with E-state index in [1.54, 1.807) is 14.2 Å². The summed E-state index contributed by atoms with van der Waals surface area (Å²) >= 11 is 0. The van der Waals surface area contributed by atoms with Crippen LogP contribution in [0.4, 0.5) is 0 Å². The Bertz CT molecular complexity index is 505. The molecule has 1 aliphatic carbocycles. The van der Waals surface area contributed by atoms with Gasteiger partial charge in [-0.05, 0) is 57.4 Å². The number of hydrogen-bond donors (Lipinski definition) is 2. The molecule has 1 atom stereocenters. The fourth-order valence-electron chi connectivity index (χ4n) is 2.77. The molecule has 6 heteroatoms. The molecule has 2 N–H and O–H groups in total. The zero-order valence-electron chi connectivity index (χ0n) is 14.1. The third kappa shape index (κ3) is 5.59. The van der Waals surface area contributed by atoms with E-state index in [0.717, 1.165) is 29.9 Å². The maximum absolute atomic E-state index is 11.6. The number of carbonyl (C=O) groups is 1. The number of likely N-dealkylation sites (N-methyl/N-ethyl adjacent to an activating group) is 1. The number of hydrogen-bond acceptors (Lipinski definition) is 4. The van der Waals surface area contributed by atoms with Crippen LogP contribution in [0.2, 0.25) is 0 Å². The third-order valence-corrected chi connectivity index (χ3v) is 4.00. The summed E-state index contributed by atoms with van der Waals surface area (Å²) in [6.07, 6.45) is 5.00. The number of methoxy groups -OCH3 is 1. The van der Waals surface area contributed by atoms with Crippen LogP contribution in [0.1, 0.15) is 44.2 Å². The SMILES string of the molecule is CNCC(=O)NC(C)c1ccc(OC2CCCC2)c(OC)c1.Cl. The van der Waals surface area contributed by atoms with E-state index in [-0.39, 0.29) is 24.4 Å². The summed E-state index contributed by atoms with van der Waals surface area (Å²) < 4.78 is 11.5. The largest absolute Gasteiger partial charge is 0.493 e. The Labute approximate surface area is 144 Å². The van der Waals surface area contributed by atoms with E-state index in [9.17, 15) is 4.79 Å². The lowest BCUT2D eigenvalue weighted by Gasteiger charge is -2.19. The molecule has 0 radical (unpaired) electrons. The minimum absolute atomic E-state index is 0. The van der Waals surface area contributed by atoms with Crippen molar-refractivity contribution in [3.8, 4) is 11.5 Å². The molecule has 0 heterocycles. The predicted molar refractivity (Wildman–Crippen MR) is 93.6 cm³/mol. The Morgan fingerprint density at radius 2 is 2.00 bits per heavy atom. The first-order chi connectivity index (χ1) is 10.6. The van der Waals surface area contributed by atoms with E-state index in [0.29, 0.717) is 12.6 Å². The van der Waals surface area contributed by atoms with Crippen molar-refractivity contribution in [1.82, 2.24) is 10.6 Å². The van der Waals surface area contributed by atoms with Gasteiger partial charge in [0.05, 0.1) is 25.8 Å². The summed E-state index contributed by atoms with van der Waals surface area (Å²) in [6, 6.07) is 5.79. The van der Waals surface area contributed by atoms with Gasteiger partial charge in [-0.15, -0.1) is 12.4 Å². The van der Waals surface area contributed by atoms with Crippen LogP contribution in [-0.2, 0) is 4.79 Å². The zero-order chi connectivity index (χ0) is 15.9. The van der Waals surface area contributed by atoms with E-state index in [1.807, 2.05) is 25.1 Å². The molecule has 1 saturated carbocycles. The Kier molecular flexibility index (Phi) is 8.20. The first-order valence-corrected chi connectivity index (χ1v) is 7.92. The molecule has 0 aliphatic heterocycles. The number of ether oxygens (including phenoxy) is 2. The van der Waals surface area contributed by atoms with Crippen molar-refractivity contribution in [2.45, 2.75) is 44.8 Å². The maximum Gasteiger partial charge on any atom is 0.234 e. The number of carbonyl (C=O) groups excluding carboxylic acids is 1. The van der Waals surface area contributed by atoms with E-state index >= 15 is 0 Å². The molecule has 2 rings (SSSR count). The van der Waals surface area contributed by atoms with Gasteiger partial charge in [-0.2, -0.15) is 0 Å². The molecule has 0 aromatic heterocycles. The second-order valence-electron chi connectivity index (χ2n) is 5.75. The predicted octanol–water partition coefficient (Wildman–Crippen LogP) is 2.84. The third-order valence-electron chi connectivity index (χ3n) is 4.00. The average molecular weight is 343 g/mol. The van der Waals surface area contributed by atoms with Crippen molar-refractivity contribution in [1.29, 1.82) is 0 Å². The van der Waals surface area contributed by atoms with E-state index < -0.39 is 0 Å². The Morgan fingerprint density at radius 3 is 2.61 bits per heavy atom. The summed E-state index contributed by atoms with van der Waals surface area (Å²) in [5.41, 5.74) is 1.00. The second-order valence-corrected chi connectivity index (χ2v) is 5.75. The monoisotopic (exact) mass is 342 g/mol. The molecule has 5 nitrogen and oxygen atoms in total. The first-order valence-electron chi connectivity index (χ1n) is 7.92. The Hall–Kier alpha value is -1.46. The Morgan fingerprint density at radius 1 is 1.30 bits per heavy atom. The summed E-state index contributed by atoms with van der Waals surface area (Å²) in [5.74, 6) is 1.48. The lowest BCUT2D eigenvalue weighted by atomic mass is 10.1. The minimum atomic E-state index is -0.0738. The molecule has 0 bridgehead atoms. The molecule has 1 amide bonds. The number of halogens is 1. The molecular weight excluding hydrogens is 316 g/mol. The van der Waals surface area contributed by atoms with Crippen LogP contribution in [0.25, 0.3) is 0 Å². The van der Waals surface area contributed by atoms with Crippen LogP contribution in [0.3, 0.4) is 0 Å². The molecule has 23 heavy (non-hydrogen) atoms. The van der Waals surface area contributed by atoms with Crippen molar-refractivity contribution in [3.05, 3.63) is 23.8 Å². The lowest BCUT2D eigenvalue weighted by molar-refractivity contribution is -0.120. The molecular formula is C17H27ClN2O3. The van der Waals surface area contributed by atoms with Gasteiger partial charge in [-0.1, -0.05) is 6.07 Å². The van der Waals surface area contributed by atoms with Crippen LogP contribution in [-0.4, -0.2) is 32.7 Å². The van der Waals surface area contributed by atoms with Gasteiger partial charge in [0.25, 0.3) is 0 Å². The molecule has 1 aromatic carbocycles. The van der Waals surface area contributed by atoms with Crippen LogP contribution in [0.5, 0.6) is 11.5 Å². The van der Waals surface area contributed by atoms with Gasteiger partial charge in [0, 0.05) is 0 Å². The van der Waals surface area contributed by atoms with E-state index in [4.69, 9.17) is 9.47 Å². The van der Waals surface area contributed by atoms with Crippen molar-refractivity contribution in [2.24, 2.45) is 0 Å². The van der Waals surface area contributed by atoms with Gasteiger partial charge < -0.3 is 20.1 Å². The smallest absolute Gasteiger partial charge is 0.234 e. The average Bonchev–Trinajstić information content (AvgIpc) is 3.00. The van der Waals surface area contributed by atoms with Crippen molar-refractivity contribution >= 4 is 18.3 Å². The molecule has 0 spiro atoms.